The number of anilines is 1. The van der Waals surface area contributed by atoms with Crippen LogP contribution in [0.5, 0.6) is 5.75 Å². The molecule has 3 nitrogen and oxygen atoms in total. The van der Waals surface area contributed by atoms with Crippen LogP contribution in [0.4, 0.5) is 18.9 Å². The van der Waals surface area contributed by atoms with Gasteiger partial charge in [-0.15, -0.1) is 13.2 Å². The number of nitrogens with two attached hydrogens (primary N) is 2. The molecule has 0 aliphatic heterocycles. The van der Waals surface area contributed by atoms with Crippen LogP contribution >= 0.6 is 0 Å². The van der Waals surface area contributed by atoms with Crippen LogP contribution in [0, 0.1) is 0 Å². The molecule has 14 heavy (non-hydrogen) atoms. The normalized spacial score (nSPS) is 11.4. The first-order valence-electron chi connectivity index (χ1n) is 3.76. The quantitative estimate of drug-likeness (QED) is 0.723. The first kappa shape index (κ1) is 10.6. The van der Waals surface area contributed by atoms with Gasteiger partial charge in [0.1, 0.15) is 0 Å². The van der Waals surface area contributed by atoms with Crippen molar-refractivity contribution in [3.63, 3.8) is 0 Å². The molecular weight excluding hydrogens is 197 g/mol. The Morgan fingerprint density at radius 2 is 1.93 bits per heavy atom. The molecule has 0 amide bonds. The van der Waals surface area contributed by atoms with Gasteiger partial charge in [0.15, 0.2) is 5.75 Å². The van der Waals surface area contributed by atoms with Gasteiger partial charge in [0.05, 0.1) is 5.69 Å². The standard InChI is InChI=1S/C8H9F3N2O/c9-8(10,11)14-7-3-5(4-12)1-2-6(7)13/h1-3H,4,12-13H2. The number of halogens is 3. The topological polar surface area (TPSA) is 61.3 Å². The predicted octanol–water partition coefficient (Wildman–Crippen LogP) is 1.63. The summed E-state index contributed by atoms with van der Waals surface area (Å²) in [7, 11) is 0. The van der Waals surface area contributed by atoms with Gasteiger partial charge in [0.2, 0.25) is 0 Å². The molecule has 0 radical (unpaired) electrons. The van der Waals surface area contributed by atoms with E-state index >= 15 is 0 Å². The lowest BCUT2D eigenvalue weighted by Crippen LogP contribution is -2.18. The van der Waals surface area contributed by atoms with Gasteiger partial charge in [-0.3, -0.25) is 0 Å². The summed E-state index contributed by atoms with van der Waals surface area (Å²) >= 11 is 0. The maximum absolute atomic E-state index is 11.8. The fourth-order valence-corrected chi connectivity index (χ4v) is 0.919. The number of alkyl halides is 3. The zero-order valence-electron chi connectivity index (χ0n) is 7.14. The zero-order valence-corrected chi connectivity index (χ0v) is 7.14. The van der Waals surface area contributed by atoms with E-state index in [0.29, 0.717) is 5.56 Å². The lowest BCUT2D eigenvalue weighted by atomic mass is 10.2. The molecule has 4 N–H and O–H groups in total. The Balaban J connectivity index is 2.95. The van der Waals surface area contributed by atoms with Crippen molar-refractivity contribution in [3.8, 4) is 5.75 Å². The minimum Gasteiger partial charge on any atom is -0.404 e. The summed E-state index contributed by atoms with van der Waals surface area (Å²) in [6, 6.07) is 4.03. The molecule has 0 saturated heterocycles. The van der Waals surface area contributed by atoms with Crippen LogP contribution in [0.3, 0.4) is 0 Å². The van der Waals surface area contributed by atoms with Crippen LogP contribution in [0.1, 0.15) is 5.56 Å². The molecule has 1 rings (SSSR count). The van der Waals surface area contributed by atoms with E-state index in [2.05, 4.69) is 4.74 Å². The fourth-order valence-electron chi connectivity index (χ4n) is 0.919. The number of benzene rings is 1. The second-order valence-corrected chi connectivity index (χ2v) is 2.62. The Morgan fingerprint density at radius 1 is 1.29 bits per heavy atom. The maximum Gasteiger partial charge on any atom is 0.573 e. The van der Waals surface area contributed by atoms with E-state index in [-0.39, 0.29) is 12.2 Å². The van der Waals surface area contributed by atoms with Gasteiger partial charge in [-0.25, -0.2) is 0 Å². The van der Waals surface area contributed by atoms with Gasteiger partial charge in [-0.05, 0) is 17.7 Å². The zero-order chi connectivity index (χ0) is 10.8. The minimum atomic E-state index is -4.73. The van der Waals surface area contributed by atoms with E-state index in [1.54, 1.807) is 6.07 Å². The number of ether oxygens (including phenoxy) is 1. The molecule has 1 aromatic carbocycles. The van der Waals surface area contributed by atoms with Crippen molar-refractivity contribution in [2.45, 2.75) is 12.9 Å². The van der Waals surface area contributed by atoms with Gasteiger partial charge < -0.3 is 16.2 Å². The SMILES string of the molecule is NCc1ccc(N)c(OC(F)(F)F)c1. The number of hydrogen-bond acceptors (Lipinski definition) is 3. The summed E-state index contributed by atoms with van der Waals surface area (Å²) < 4.78 is 39.2. The van der Waals surface area contributed by atoms with Crippen molar-refractivity contribution in [3.05, 3.63) is 23.8 Å². The number of rotatable bonds is 2. The second kappa shape index (κ2) is 3.75. The highest BCUT2D eigenvalue weighted by Gasteiger charge is 2.31. The highest BCUT2D eigenvalue weighted by atomic mass is 19.4. The molecule has 0 saturated carbocycles. The molecule has 1 aromatic rings. The van der Waals surface area contributed by atoms with Crippen molar-refractivity contribution >= 4 is 5.69 Å². The summed E-state index contributed by atoms with van der Waals surface area (Å²) in [5, 5.41) is 0. The van der Waals surface area contributed by atoms with E-state index in [4.69, 9.17) is 11.5 Å². The Labute approximate surface area is 78.5 Å². The smallest absolute Gasteiger partial charge is 0.404 e. The molecular formula is C8H9F3N2O. The van der Waals surface area contributed by atoms with Crippen molar-refractivity contribution in [2.24, 2.45) is 5.73 Å². The van der Waals surface area contributed by atoms with E-state index in [1.165, 1.54) is 12.1 Å². The molecule has 0 heterocycles. The Hall–Kier alpha value is -1.43. The summed E-state index contributed by atoms with van der Waals surface area (Å²) in [4.78, 5) is 0. The highest BCUT2D eigenvalue weighted by molar-refractivity contribution is 5.54. The summed E-state index contributed by atoms with van der Waals surface area (Å²) in [5.41, 5.74) is 11.0. The third-order valence-electron chi connectivity index (χ3n) is 1.54. The molecule has 0 unspecified atom stereocenters. The fraction of sp³-hybridized carbons (Fsp3) is 0.250. The van der Waals surface area contributed by atoms with E-state index < -0.39 is 12.1 Å². The lowest BCUT2D eigenvalue weighted by molar-refractivity contribution is -0.274. The van der Waals surface area contributed by atoms with Crippen LogP contribution in [-0.2, 0) is 6.54 Å². The van der Waals surface area contributed by atoms with E-state index in [9.17, 15) is 13.2 Å². The van der Waals surface area contributed by atoms with Crippen molar-refractivity contribution in [1.82, 2.24) is 0 Å². The van der Waals surface area contributed by atoms with Crippen molar-refractivity contribution in [2.75, 3.05) is 5.73 Å². The molecule has 0 bridgehead atoms. The lowest BCUT2D eigenvalue weighted by Gasteiger charge is -2.11. The van der Waals surface area contributed by atoms with Gasteiger partial charge in [0.25, 0.3) is 0 Å². The summed E-state index contributed by atoms with van der Waals surface area (Å²) in [5.74, 6) is -0.416. The van der Waals surface area contributed by atoms with Crippen molar-refractivity contribution < 1.29 is 17.9 Å². The van der Waals surface area contributed by atoms with Gasteiger partial charge in [-0.2, -0.15) is 0 Å². The van der Waals surface area contributed by atoms with E-state index in [1.807, 2.05) is 0 Å². The molecule has 0 atom stereocenters. The maximum atomic E-state index is 11.8. The molecule has 0 aromatic heterocycles. The van der Waals surface area contributed by atoms with Crippen LogP contribution in [0.15, 0.2) is 18.2 Å². The second-order valence-electron chi connectivity index (χ2n) is 2.62. The molecule has 0 fully saturated rings. The van der Waals surface area contributed by atoms with Crippen molar-refractivity contribution in [1.29, 1.82) is 0 Å². The largest absolute Gasteiger partial charge is 0.573 e. The molecule has 6 heteroatoms. The number of nitrogen functional groups attached to an aromatic ring is 1. The predicted molar refractivity (Wildman–Crippen MR) is 45.4 cm³/mol. The molecule has 0 spiro atoms. The van der Waals surface area contributed by atoms with Gasteiger partial charge in [0, 0.05) is 6.54 Å². The van der Waals surface area contributed by atoms with Gasteiger partial charge >= 0.3 is 6.36 Å². The molecule has 0 aliphatic carbocycles. The third kappa shape index (κ3) is 2.81. The first-order valence-corrected chi connectivity index (χ1v) is 3.76. The van der Waals surface area contributed by atoms with Crippen LogP contribution < -0.4 is 16.2 Å². The molecule has 78 valence electrons. The molecule has 0 aliphatic rings. The average Bonchev–Trinajstić information content (AvgIpc) is 2.06. The van der Waals surface area contributed by atoms with Crippen LogP contribution in [0.2, 0.25) is 0 Å². The van der Waals surface area contributed by atoms with Crippen LogP contribution in [-0.4, -0.2) is 6.36 Å². The van der Waals surface area contributed by atoms with E-state index in [0.717, 1.165) is 0 Å². The first-order chi connectivity index (χ1) is 6.42. The Bertz CT molecular complexity index is 325. The number of hydrogen-bond donors (Lipinski definition) is 2. The monoisotopic (exact) mass is 206 g/mol. The minimum absolute atomic E-state index is 0.0699. The Kier molecular flexibility index (Phi) is 2.85. The van der Waals surface area contributed by atoms with Crippen LogP contribution in [0.25, 0.3) is 0 Å². The van der Waals surface area contributed by atoms with Gasteiger partial charge in [-0.1, -0.05) is 6.07 Å². The summed E-state index contributed by atoms with van der Waals surface area (Å²) in [6.45, 7) is 0.133. The summed E-state index contributed by atoms with van der Waals surface area (Å²) in [6.07, 6.45) is -4.73. The Morgan fingerprint density at radius 3 is 2.43 bits per heavy atom. The average molecular weight is 206 g/mol. The highest BCUT2D eigenvalue weighted by Crippen LogP contribution is 2.28. The third-order valence-corrected chi connectivity index (χ3v) is 1.54.